The van der Waals surface area contributed by atoms with E-state index in [0.717, 1.165) is 17.5 Å². The number of hydrogen-bond acceptors (Lipinski definition) is 3. The molecule has 5 heteroatoms. The van der Waals surface area contributed by atoms with Gasteiger partial charge in [-0.3, -0.25) is 4.79 Å². The molecule has 0 spiro atoms. The lowest BCUT2D eigenvalue weighted by Crippen LogP contribution is -2.15. The van der Waals surface area contributed by atoms with Crippen molar-refractivity contribution in [1.29, 1.82) is 0 Å². The molecule has 1 amide bonds. The summed E-state index contributed by atoms with van der Waals surface area (Å²) in [5, 5.41) is 12.2. The van der Waals surface area contributed by atoms with Gasteiger partial charge < -0.3 is 16.2 Å². The van der Waals surface area contributed by atoms with Crippen LogP contribution < -0.4 is 11.1 Å². The van der Waals surface area contributed by atoms with Gasteiger partial charge in [0.15, 0.2) is 0 Å². The molecule has 0 aliphatic carbocycles. The first kappa shape index (κ1) is 19.3. The van der Waals surface area contributed by atoms with Gasteiger partial charge in [0.05, 0.1) is 11.3 Å². The summed E-state index contributed by atoms with van der Waals surface area (Å²) in [4.78, 5) is 24.0. The highest BCUT2D eigenvalue weighted by Gasteiger charge is 2.14. The Bertz CT molecular complexity index is 984. The highest BCUT2D eigenvalue weighted by molar-refractivity contribution is 6.07. The van der Waals surface area contributed by atoms with Crippen molar-refractivity contribution in [3.05, 3.63) is 101 Å². The van der Waals surface area contributed by atoms with E-state index >= 15 is 0 Å². The number of carboxylic acid groups (broad SMARTS) is 1. The minimum Gasteiger partial charge on any atom is -0.478 e. The SMILES string of the molecule is NCc1ccccc1CCc1ccc(C(=O)O)c(NC(=O)c2ccccc2)c1. The van der Waals surface area contributed by atoms with E-state index in [1.165, 1.54) is 11.6 Å². The number of nitrogens with one attached hydrogen (secondary N) is 1. The van der Waals surface area contributed by atoms with Gasteiger partial charge in [0.25, 0.3) is 5.91 Å². The van der Waals surface area contributed by atoms with Crippen LogP contribution in [0.2, 0.25) is 0 Å². The van der Waals surface area contributed by atoms with Crippen molar-refractivity contribution in [1.82, 2.24) is 0 Å². The van der Waals surface area contributed by atoms with Crippen LogP contribution in [-0.4, -0.2) is 17.0 Å². The first-order valence-electron chi connectivity index (χ1n) is 9.08. The molecule has 0 saturated heterocycles. The van der Waals surface area contributed by atoms with Gasteiger partial charge in [-0.1, -0.05) is 48.5 Å². The highest BCUT2D eigenvalue weighted by Crippen LogP contribution is 2.21. The summed E-state index contributed by atoms with van der Waals surface area (Å²) in [5.41, 5.74) is 9.84. The van der Waals surface area contributed by atoms with E-state index < -0.39 is 5.97 Å². The fourth-order valence-electron chi connectivity index (χ4n) is 3.10. The molecule has 0 unspecified atom stereocenters. The van der Waals surface area contributed by atoms with Crippen molar-refractivity contribution in [3.8, 4) is 0 Å². The first-order chi connectivity index (χ1) is 13.6. The number of hydrogen-bond donors (Lipinski definition) is 3. The minimum atomic E-state index is -1.08. The maximum Gasteiger partial charge on any atom is 0.337 e. The zero-order valence-corrected chi connectivity index (χ0v) is 15.4. The van der Waals surface area contributed by atoms with E-state index in [4.69, 9.17) is 5.73 Å². The van der Waals surface area contributed by atoms with Gasteiger partial charge in [-0.05, 0) is 53.8 Å². The third kappa shape index (κ3) is 4.64. The Labute approximate surface area is 163 Å². The molecule has 28 heavy (non-hydrogen) atoms. The smallest absolute Gasteiger partial charge is 0.337 e. The van der Waals surface area contributed by atoms with E-state index in [-0.39, 0.29) is 11.5 Å². The molecule has 0 heterocycles. The number of aryl methyl sites for hydroxylation is 2. The van der Waals surface area contributed by atoms with Crippen LogP contribution in [0.15, 0.2) is 72.8 Å². The second-order valence-electron chi connectivity index (χ2n) is 6.48. The van der Waals surface area contributed by atoms with Crippen molar-refractivity contribution < 1.29 is 14.7 Å². The maximum atomic E-state index is 12.4. The fraction of sp³-hybridized carbons (Fsp3) is 0.130. The average Bonchev–Trinajstić information content (AvgIpc) is 2.73. The lowest BCUT2D eigenvalue weighted by Gasteiger charge is -2.12. The molecule has 0 radical (unpaired) electrons. The van der Waals surface area contributed by atoms with Crippen LogP contribution in [0, 0.1) is 0 Å². The lowest BCUT2D eigenvalue weighted by atomic mass is 9.98. The molecule has 0 bridgehead atoms. The summed E-state index contributed by atoms with van der Waals surface area (Å²) >= 11 is 0. The summed E-state index contributed by atoms with van der Waals surface area (Å²) in [7, 11) is 0. The molecule has 0 fully saturated rings. The number of aromatic carboxylic acids is 1. The molecule has 0 aliphatic heterocycles. The Kier molecular flexibility index (Phi) is 6.19. The van der Waals surface area contributed by atoms with Gasteiger partial charge in [-0.15, -0.1) is 0 Å². The Balaban J connectivity index is 1.81. The van der Waals surface area contributed by atoms with Crippen molar-refractivity contribution in [3.63, 3.8) is 0 Å². The zero-order chi connectivity index (χ0) is 19.9. The molecule has 0 aliphatic rings. The third-order valence-electron chi connectivity index (χ3n) is 4.62. The third-order valence-corrected chi connectivity index (χ3v) is 4.62. The van der Waals surface area contributed by atoms with Crippen molar-refractivity contribution in [2.45, 2.75) is 19.4 Å². The van der Waals surface area contributed by atoms with Gasteiger partial charge in [-0.2, -0.15) is 0 Å². The van der Waals surface area contributed by atoms with Gasteiger partial charge >= 0.3 is 5.97 Å². The van der Waals surface area contributed by atoms with Gasteiger partial charge in [0.1, 0.15) is 0 Å². The van der Waals surface area contributed by atoms with Gasteiger partial charge in [-0.25, -0.2) is 4.79 Å². The molecule has 0 atom stereocenters. The summed E-state index contributed by atoms with van der Waals surface area (Å²) in [6, 6.07) is 21.8. The largest absolute Gasteiger partial charge is 0.478 e. The average molecular weight is 374 g/mol. The summed E-state index contributed by atoms with van der Waals surface area (Å²) in [6.07, 6.45) is 1.50. The number of anilines is 1. The monoisotopic (exact) mass is 374 g/mol. The van der Waals surface area contributed by atoms with E-state index in [2.05, 4.69) is 5.32 Å². The Morgan fingerprint density at radius 2 is 1.54 bits per heavy atom. The van der Waals surface area contributed by atoms with Crippen LogP contribution in [0.3, 0.4) is 0 Å². The molecule has 3 rings (SSSR count). The van der Waals surface area contributed by atoms with E-state index in [1.54, 1.807) is 36.4 Å². The fourth-order valence-corrected chi connectivity index (χ4v) is 3.10. The Hall–Kier alpha value is -3.44. The number of carbonyl (C=O) groups is 2. The summed E-state index contributed by atoms with van der Waals surface area (Å²) < 4.78 is 0. The molecule has 5 nitrogen and oxygen atoms in total. The van der Waals surface area contributed by atoms with Crippen molar-refractivity contribution >= 4 is 17.6 Å². The van der Waals surface area contributed by atoms with Gasteiger partial charge in [0.2, 0.25) is 0 Å². The van der Waals surface area contributed by atoms with Crippen LogP contribution >= 0.6 is 0 Å². The normalized spacial score (nSPS) is 10.5. The molecule has 142 valence electrons. The summed E-state index contributed by atoms with van der Waals surface area (Å²) in [6.45, 7) is 0.479. The second kappa shape index (κ2) is 8.97. The number of carbonyl (C=O) groups excluding carboxylic acids is 1. The molecule has 0 aromatic heterocycles. The number of nitrogens with two attached hydrogens (primary N) is 1. The van der Waals surface area contributed by atoms with Crippen LogP contribution in [0.1, 0.15) is 37.4 Å². The number of benzene rings is 3. The van der Waals surface area contributed by atoms with Crippen LogP contribution in [0.5, 0.6) is 0 Å². The predicted molar refractivity (Wildman–Crippen MR) is 110 cm³/mol. The van der Waals surface area contributed by atoms with Gasteiger partial charge in [0, 0.05) is 12.1 Å². The molecule has 3 aromatic carbocycles. The zero-order valence-electron chi connectivity index (χ0n) is 15.4. The molecular formula is C23H22N2O3. The minimum absolute atomic E-state index is 0.0652. The Morgan fingerprint density at radius 1 is 0.857 bits per heavy atom. The number of amides is 1. The number of rotatable bonds is 7. The Morgan fingerprint density at radius 3 is 2.21 bits per heavy atom. The topological polar surface area (TPSA) is 92.4 Å². The first-order valence-corrected chi connectivity index (χ1v) is 9.08. The number of carboxylic acids is 1. The lowest BCUT2D eigenvalue weighted by molar-refractivity contribution is 0.0698. The molecule has 0 saturated carbocycles. The van der Waals surface area contributed by atoms with Crippen LogP contribution in [-0.2, 0) is 19.4 Å². The summed E-state index contributed by atoms with van der Waals surface area (Å²) in [5.74, 6) is -1.42. The maximum absolute atomic E-state index is 12.4. The van der Waals surface area contributed by atoms with E-state index in [0.29, 0.717) is 24.2 Å². The van der Waals surface area contributed by atoms with Crippen LogP contribution in [0.25, 0.3) is 0 Å². The molecular weight excluding hydrogens is 352 g/mol. The standard InChI is InChI=1S/C23H22N2O3/c24-15-19-9-5-4-6-17(19)12-10-16-11-13-20(23(27)28)21(14-16)25-22(26)18-7-2-1-3-8-18/h1-9,11,13-14H,10,12,15,24H2,(H,25,26)(H,27,28). The predicted octanol–water partition coefficient (Wildman–Crippen LogP) is 3.88. The quantitative estimate of drug-likeness (QED) is 0.585. The second-order valence-corrected chi connectivity index (χ2v) is 6.48. The van der Waals surface area contributed by atoms with E-state index in [1.807, 2.05) is 30.3 Å². The highest BCUT2D eigenvalue weighted by atomic mass is 16.4. The molecule has 3 aromatic rings. The molecule has 4 N–H and O–H groups in total. The van der Waals surface area contributed by atoms with E-state index in [9.17, 15) is 14.7 Å². The van der Waals surface area contributed by atoms with Crippen molar-refractivity contribution in [2.75, 3.05) is 5.32 Å². The van der Waals surface area contributed by atoms with Crippen LogP contribution in [0.4, 0.5) is 5.69 Å². The van der Waals surface area contributed by atoms with Crippen molar-refractivity contribution in [2.24, 2.45) is 5.73 Å².